The molecular formula is C16H29NO2. The minimum atomic E-state index is -0.610. The molecule has 1 N–H and O–H groups in total. The van der Waals surface area contributed by atoms with Crippen LogP contribution in [0.15, 0.2) is 0 Å². The molecule has 0 aromatic rings. The van der Waals surface area contributed by atoms with Crippen molar-refractivity contribution in [3.63, 3.8) is 0 Å². The van der Waals surface area contributed by atoms with Crippen molar-refractivity contribution >= 4 is 5.97 Å². The molecule has 1 heterocycles. The molecule has 3 nitrogen and oxygen atoms in total. The van der Waals surface area contributed by atoms with Crippen LogP contribution in [-0.2, 0) is 4.79 Å². The van der Waals surface area contributed by atoms with Gasteiger partial charge in [-0.25, -0.2) is 0 Å². The zero-order valence-corrected chi connectivity index (χ0v) is 12.4. The van der Waals surface area contributed by atoms with E-state index in [1.165, 1.54) is 44.9 Å². The van der Waals surface area contributed by atoms with E-state index in [1.54, 1.807) is 0 Å². The first-order valence-electron chi connectivity index (χ1n) is 8.13. The molecule has 1 saturated carbocycles. The SMILES string of the molecule is CCC1CCCC(CC(=O)O)(N2CCCCCC2)C1. The van der Waals surface area contributed by atoms with Crippen LogP contribution >= 0.6 is 0 Å². The van der Waals surface area contributed by atoms with Crippen LogP contribution in [0.4, 0.5) is 0 Å². The van der Waals surface area contributed by atoms with E-state index in [0.717, 1.165) is 31.8 Å². The fourth-order valence-corrected chi connectivity index (χ4v) is 4.20. The van der Waals surface area contributed by atoms with Gasteiger partial charge in [0.1, 0.15) is 0 Å². The van der Waals surface area contributed by atoms with Gasteiger partial charge in [-0.3, -0.25) is 9.69 Å². The Labute approximate surface area is 117 Å². The lowest BCUT2D eigenvalue weighted by molar-refractivity contribution is -0.141. The highest BCUT2D eigenvalue weighted by atomic mass is 16.4. The standard InChI is InChI=1S/C16H29NO2/c1-2-14-8-7-9-16(12-14,13-15(18)19)17-10-5-3-4-6-11-17/h14H,2-13H2,1H3,(H,18,19). The smallest absolute Gasteiger partial charge is 0.305 e. The van der Waals surface area contributed by atoms with Gasteiger partial charge in [0, 0.05) is 5.54 Å². The second-order valence-corrected chi connectivity index (χ2v) is 6.57. The topological polar surface area (TPSA) is 40.5 Å². The summed E-state index contributed by atoms with van der Waals surface area (Å²) in [6, 6.07) is 0. The Morgan fingerprint density at radius 1 is 1.21 bits per heavy atom. The van der Waals surface area contributed by atoms with Gasteiger partial charge >= 0.3 is 5.97 Å². The summed E-state index contributed by atoms with van der Waals surface area (Å²) in [7, 11) is 0. The van der Waals surface area contributed by atoms with Crippen LogP contribution < -0.4 is 0 Å². The van der Waals surface area contributed by atoms with Crippen LogP contribution in [0.3, 0.4) is 0 Å². The van der Waals surface area contributed by atoms with Gasteiger partial charge in [-0.1, -0.05) is 39.0 Å². The van der Waals surface area contributed by atoms with Gasteiger partial charge in [0.2, 0.25) is 0 Å². The first-order chi connectivity index (χ1) is 9.16. The van der Waals surface area contributed by atoms with Crippen molar-refractivity contribution in [3.05, 3.63) is 0 Å². The Balaban J connectivity index is 2.14. The second-order valence-electron chi connectivity index (χ2n) is 6.57. The van der Waals surface area contributed by atoms with Gasteiger partial charge in [0.25, 0.3) is 0 Å². The highest BCUT2D eigenvalue weighted by Crippen LogP contribution is 2.41. The summed E-state index contributed by atoms with van der Waals surface area (Å²) in [6.07, 6.45) is 11.4. The zero-order valence-electron chi connectivity index (χ0n) is 12.4. The van der Waals surface area contributed by atoms with Gasteiger partial charge in [-0.05, 0) is 44.7 Å². The Kier molecular flexibility index (Phi) is 5.26. The van der Waals surface area contributed by atoms with Crippen molar-refractivity contribution in [2.75, 3.05) is 13.1 Å². The molecule has 1 aliphatic carbocycles. The lowest BCUT2D eigenvalue weighted by atomic mass is 9.72. The third-order valence-electron chi connectivity index (χ3n) is 5.26. The molecule has 2 rings (SSSR count). The number of likely N-dealkylation sites (tertiary alicyclic amines) is 1. The van der Waals surface area contributed by atoms with Gasteiger partial charge in [0.05, 0.1) is 6.42 Å². The number of rotatable bonds is 4. The van der Waals surface area contributed by atoms with Crippen LogP contribution in [0.1, 0.15) is 71.1 Å². The number of carboxylic acid groups (broad SMARTS) is 1. The molecule has 3 heteroatoms. The van der Waals surface area contributed by atoms with E-state index in [4.69, 9.17) is 0 Å². The van der Waals surface area contributed by atoms with Crippen molar-refractivity contribution in [2.24, 2.45) is 5.92 Å². The van der Waals surface area contributed by atoms with Gasteiger partial charge in [0.15, 0.2) is 0 Å². The Morgan fingerprint density at radius 3 is 2.47 bits per heavy atom. The number of carboxylic acids is 1. The van der Waals surface area contributed by atoms with Crippen molar-refractivity contribution < 1.29 is 9.90 Å². The molecule has 2 aliphatic rings. The number of carbonyl (C=O) groups is 1. The molecule has 2 fully saturated rings. The Morgan fingerprint density at radius 2 is 1.89 bits per heavy atom. The Hall–Kier alpha value is -0.570. The highest BCUT2D eigenvalue weighted by Gasteiger charge is 2.42. The first-order valence-corrected chi connectivity index (χ1v) is 8.13. The summed E-state index contributed by atoms with van der Waals surface area (Å²) in [5.74, 6) is 0.123. The summed E-state index contributed by atoms with van der Waals surface area (Å²) in [4.78, 5) is 13.9. The van der Waals surface area contributed by atoms with E-state index in [2.05, 4.69) is 11.8 Å². The fourth-order valence-electron chi connectivity index (χ4n) is 4.20. The summed E-state index contributed by atoms with van der Waals surface area (Å²) in [6.45, 7) is 4.48. The van der Waals surface area contributed by atoms with Crippen LogP contribution in [0, 0.1) is 5.92 Å². The maximum atomic E-state index is 11.4. The summed E-state index contributed by atoms with van der Waals surface area (Å²) in [5, 5.41) is 9.36. The van der Waals surface area contributed by atoms with E-state index >= 15 is 0 Å². The maximum absolute atomic E-state index is 11.4. The summed E-state index contributed by atoms with van der Waals surface area (Å²) >= 11 is 0. The van der Waals surface area contributed by atoms with Crippen LogP contribution in [-0.4, -0.2) is 34.6 Å². The molecule has 0 spiro atoms. The molecule has 0 aromatic carbocycles. The van der Waals surface area contributed by atoms with Gasteiger partial charge < -0.3 is 5.11 Å². The second kappa shape index (κ2) is 6.74. The van der Waals surface area contributed by atoms with Crippen LogP contribution in [0.2, 0.25) is 0 Å². The van der Waals surface area contributed by atoms with Crippen molar-refractivity contribution in [1.82, 2.24) is 4.90 Å². The van der Waals surface area contributed by atoms with E-state index in [0.29, 0.717) is 6.42 Å². The number of hydrogen-bond donors (Lipinski definition) is 1. The molecule has 0 aromatic heterocycles. The minimum Gasteiger partial charge on any atom is -0.481 e. The molecule has 1 saturated heterocycles. The lowest BCUT2D eigenvalue weighted by Crippen LogP contribution is -2.53. The quantitative estimate of drug-likeness (QED) is 0.844. The number of hydrogen-bond acceptors (Lipinski definition) is 2. The van der Waals surface area contributed by atoms with Gasteiger partial charge in [-0.2, -0.15) is 0 Å². The molecule has 0 bridgehead atoms. The van der Waals surface area contributed by atoms with Crippen LogP contribution in [0.25, 0.3) is 0 Å². The predicted molar refractivity (Wildman–Crippen MR) is 77.3 cm³/mol. The first kappa shape index (κ1) is 14.8. The fraction of sp³-hybridized carbons (Fsp3) is 0.938. The van der Waals surface area contributed by atoms with Crippen molar-refractivity contribution in [1.29, 1.82) is 0 Å². The lowest BCUT2D eigenvalue weighted by Gasteiger charge is -2.48. The molecule has 1 aliphatic heterocycles. The monoisotopic (exact) mass is 267 g/mol. The van der Waals surface area contributed by atoms with E-state index in [-0.39, 0.29) is 5.54 Å². The van der Waals surface area contributed by atoms with E-state index in [1.807, 2.05) is 0 Å². The third kappa shape index (κ3) is 3.71. The molecule has 0 amide bonds. The molecular weight excluding hydrogens is 238 g/mol. The van der Waals surface area contributed by atoms with Gasteiger partial charge in [-0.15, -0.1) is 0 Å². The van der Waals surface area contributed by atoms with Crippen molar-refractivity contribution in [3.8, 4) is 0 Å². The third-order valence-corrected chi connectivity index (χ3v) is 5.26. The zero-order chi connectivity index (χ0) is 13.7. The highest BCUT2D eigenvalue weighted by molar-refractivity contribution is 5.68. The largest absolute Gasteiger partial charge is 0.481 e. The summed E-state index contributed by atoms with van der Waals surface area (Å²) < 4.78 is 0. The maximum Gasteiger partial charge on any atom is 0.305 e. The number of aliphatic carboxylic acids is 1. The molecule has 2 atom stereocenters. The van der Waals surface area contributed by atoms with E-state index in [9.17, 15) is 9.90 Å². The average molecular weight is 267 g/mol. The molecule has 19 heavy (non-hydrogen) atoms. The Bertz CT molecular complexity index is 297. The molecule has 2 unspecified atom stereocenters. The van der Waals surface area contributed by atoms with Crippen molar-refractivity contribution in [2.45, 2.75) is 76.7 Å². The average Bonchev–Trinajstić information content (AvgIpc) is 2.67. The number of nitrogens with zero attached hydrogens (tertiary/aromatic N) is 1. The summed E-state index contributed by atoms with van der Waals surface area (Å²) in [5.41, 5.74) is -0.0326. The van der Waals surface area contributed by atoms with Crippen LogP contribution in [0.5, 0.6) is 0 Å². The molecule has 110 valence electrons. The normalized spacial score (nSPS) is 33.8. The van der Waals surface area contributed by atoms with E-state index < -0.39 is 5.97 Å². The molecule has 0 radical (unpaired) electrons. The minimum absolute atomic E-state index is 0.0326. The predicted octanol–water partition coefficient (Wildman–Crippen LogP) is 3.68.